The van der Waals surface area contributed by atoms with Crippen LogP contribution >= 0.6 is 34.5 Å². The van der Waals surface area contributed by atoms with Gasteiger partial charge in [0.15, 0.2) is 0 Å². The largest absolute Gasteiger partial charge is 0.339 e. The van der Waals surface area contributed by atoms with E-state index in [1.165, 1.54) is 17.4 Å². The van der Waals surface area contributed by atoms with Crippen LogP contribution in [0.15, 0.2) is 28.8 Å². The van der Waals surface area contributed by atoms with Gasteiger partial charge in [0.05, 0.1) is 20.6 Å². The Labute approximate surface area is 146 Å². The molecule has 2 aromatic heterocycles. The van der Waals surface area contributed by atoms with Crippen molar-refractivity contribution >= 4 is 46.1 Å². The van der Waals surface area contributed by atoms with E-state index in [2.05, 4.69) is 15.5 Å². The highest BCUT2D eigenvalue weighted by molar-refractivity contribution is 7.16. The fourth-order valence-corrected chi connectivity index (χ4v) is 3.15. The summed E-state index contributed by atoms with van der Waals surface area (Å²) in [5, 5.41) is 7.48. The Morgan fingerprint density at radius 3 is 2.65 bits per heavy atom. The molecule has 0 aliphatic rings. The second kappa shape index (κ2) is 6.31. The first-order valence-electron chi connectivity index (χ1n) is 6.61. The molecule has 1 aromatic carbocycles. The van der Waals surface area contributed by atoms with Crippen molar-refractivity contribution in [1.29, 1.82) is 0 Å². The molecule has 2 heterocycles. The van der Waals surface area contributed by atoms with E-state index in [9.17, 15) is 4.79 Å². The van der Waals surface area contributed by atoms with E-state index in [1.54, 1.807) is 19.1 Å². The van der Waals surface area contributed by atoms with Gasteiger partial charge in [-0.1, -0.05) is 28.4 Å². The van der Waals surface area contributed by atoms with E-state index in [4.69, 9.17) is 27.7 Å². The first-order valence-corrected chi connectivity index (χ1v) is 8.19. The summed E-state index contributed by atoms with van der Waals surface area (Å²) in [4.78, 5) is 18.3. The Bertz CT molecular complexity index is 889. The average Bonchev–Trinajstić information content (AvgIpc) is 3.08. The number of thiophene rings is 1. The molecular weight excluding hydrogens is 357 g/mol. The molecule has 5 nitrogen and oxygen atoms in total. The molecule has 0 spiro atoms. The van der Waals surface area contributed by atoms with E-state index in [0.29, 0.717) is 33.0 Å². The normalized spacial score (nSPS) is 10.8. The Kier molecular flexibility index (Phi) is 4.39. The fourth-order valence-electron chi connectivity index (χ4n) is 1.95. The predicted molar refractivity (Wildman–Crippen MR) is 91.5 cm³/mol. The lowest BCUT2D eigenvalue weighted by molar-refractivity contribution is 0.102. The Balaban J connectivity index is 1.83. The summed E-state index contributed by atoms with van der Waals surface area (Å²) in [6.45, 7) is 3.63. The maximum absolute atomic E-state index is 12.3. The number of benzene rings is 1. The highest BCUT2D eigenvalue weighted by atomic mass is 35.5. The lowest BCUT2D eigenvalue weighted by atomic mass is 10.2. The lowest BCUT2D eigenvalue weighted by Gasteiger charge is -2.05. The van der Waals surface area contributed by atoms with Gasteiger partial charge < -0.3 is 9.84 Å². The van der Waals surface area contributed by atoms with Crippen LogP contribution in [0.3, 0.4) is 0 Å². The number of amides is 1. The number of hydrogen-bond acceptors (Lipinski definition) is 5. The zero-order valence-corrected chi connectivity index (χ0v) is 14.5. The zero-order chi connectivity index (χ0) is 16.6. The molecule has 0 bridgehead atoms. The van der Waals surface area contributed by atoms with Crippen LogP contribution in [-0.4, -0.2) is 16.0 Å². The number of carbonyl (C=O) groups excluding carboxylic acids is 1. The number of nitrogens with one attached hydrogen (secondary N) is 1. The van der Waals surface area contributed by atoms with Gasteiger partial charge >= 0.3 is 0 Å². The minimum absolute atomic E-state index is 0.264. The maximum atomic E-state index is 12.3. The van der Waals surface area contributed by atoms with Crippen LogP contribution in [0.5, 0.6) is 0 Å². The number of halogens is 2. The minimum Gasteiger partial charge on any atom is -0.339 e. The van der Waals surface area contributed by atoms with Crippen molar-refractivity contribution in [2.75, 3.05) is 5.32 Å². The van der Waals surface area contributed by atoms with Crippen molar-refractivity contribution in [3.05, 3.63) is 50.6 Å². The highest BCUT2D eigenvalue weighted by Crippen LogP contribution is 2.33. The second-order valence-electron chi connectivity index (χ2n) is 4.80. The van der Waals surface area contributed by atoms with E-state index in [1.807, 2.05) is 13.0 Å². The molecule has 0 atom stereocenters. The molecule has 23 heavy (non-hydrogen) atoms. The highest BCUT2D eigenvalue weighted by Gasteiger charge is 2.15. The number of rotatable bonds is 3. The Morgan fingerprint density at radius 1 is 1.22 bits per heavy atom. The van der Waals surface area contributed by atoms with Crippen molar-refractivity contribution in [2.45, 2.75) is 13.8 Å². The third-order valence-electron chi connectivity index (χ3n) is 3.10. The molecule has 3 aromatic rings. The van der Waals surface area contributed by atoms with Crippen LogP contribution in [0.2, 0.25) is 10.0 Å². The molecule has 0 radical (unpaired) electrons. The summed E-state index contributed by atoms with van der Waals surface area (Å²) in [6, 6.07) is 6.56. The predicted octanol–water partition coefficient (Wildman–Crippen LogP) is 4.97. The van der Waals surface area contributed by atoms with Crippen molar-refractivity contribution in [2.24, 2.45) is 0 Å². The van der Waals surface area contributed by atoms with E-state index in [-0.39, 0.29) is 5.91 Å². The monoisotopic (exact) mass is 367 g/mol. The minimum atomic E-state index is -0.264. The van der Waals surface area contributed by atoms with Crippen LogP contribution < -0.4 is 5.32 Å². The summed E-state index contributed by atoms with van der Waals surface area (Å²) in [7, 11) is 0. The summed E-state index contributed by atoms with van der Waals surface area (Å²) in [5.74, 6) is 0.735. The van der Waals surface area contributed by atoms with Crippen LogP contribution in [0.25, 0.3) is 10.7 Å². The molecule has 0 saturated carbocycles. The lowest BCUT2D eigenvalue weighted by Crippen LogP contribution is -2.11. The maximum Gasteiger partial charge on any atom is 0.255 e. The first-order chi connectivity index (χ1) is 10.9. The van der Waals surface area contributed by atoms with Crippen LogP contribution in [0.1, 0.15) is 21.1 Å². The zero-order valence-electron chi connectivity index (χ0n) is 12.2. The van der Waals surface area contributed by atoms with E-state index >= 15 is 0 Å². The molecule has 8 heteroatoms. The average molecular weight is 368 g/mol. The molecule has 0 unspecified atom stereocenters. The molecule has 3 rings (SSSR count). The van der Waals surface area contributed by atoms with Crippen molar-refractivity contribution in [1.82, 2.24) is 10.1 Å². The molecule has 0 fully saturated rings. The standard InChI is InChI=1S/C15H11Cl2N3O2S/c1-7-12(6-13(23-7)14-18-8(2)22-20-14)19-15(21)9-3-4-10(16)11(17)5-9/h3-6H,1-2H3,(H,19,21). The first kappa shape index (κ1) is 16.0. The number of nitrogens with zero attached hydrogens (tertiary/aromatic N) is 2. The fraction of sp³-hybridized carbons (Fsp3) is 0.133. The van der Waals surface area contributed by atoms with E-state index < -0.39 is 0 Å². The van der Waals surface area contributed by atoms with Gasteiger partial charge in [-0.25, -0.2) is 0 Å². The van der Waals surface area contributed by atoms with Gasteiger partial charge in [-0.3, -0.25) is 4.79 Å². The molecule has 0 aliphatic heterocycles. The topological polar surface area (TPSA) is 68.0 Å². The quantitative estimate of drug-likeness (QED) is 0.708. The molecule has 1 amide bonds. The number of carbonyl (C=O) groups is 1. The Morgan fingerprint density at radius 2 is 2.00 bits per heavy atom. The number of aromatic nitrogens is 2. The smallest absolute Gasteiger partial charge is 0.255 e. The SMILES string of the molecule is Cc1nc(-c2cc(NC(=O)c3ccc(Cl)c(Cl)c3)c(C)s2)no1. The van der Waals surface area contributed by atoms with Crippen LogP contribution in [-0.2, 0) is 0 Å². The van der Waals surface area contributed by atoms with Gasteiger partial charge in [-0.2, -0.15) is 4.98 Å². The Hall–Kier alpha value is -1.89. The number of aryl methyl sites for hydroxylation is 2. The second-order valence-corrected chi connectivity index (χ2v) is 6.87. The van der Waals surface area contributed by atoms with Crippen molar-refractivity contribution in [3.8, 4) is 10.7 Å². The van der Waals surface area contributed by atoms with Crippen molar-refractivity contribution in [3.63, 3.8) is 0 Å². The summed E-state index contributed by atoms with van der Waals surface area (Å²) in [5.41, 5.74) is 1.13. The van der Waals surface area contributed by atoms with Crippen LogP contribution in [0.4, 0.5) is 5.69 Å². The summed E-state index contributed by atoms with van der Waals surface area (Å²) < 4.78 is 4.97. The van der Waals surface area contributed by atoms with Gasteiger partial charge in [-0.15, -0.1) is 11.3 Å². The molecule has 0 saturated heterocycles. The van der Waals surface area contributed by atoms with Gasteiger partial charge in [-0.05, 0) is 31.2 Å². The molecule has 0 aliphatic carbocycles. The third kappa shape index (κ3) is 3.39. The number of hydrogen-bond donors (Lipinski definition) is 1. The van der Waals surface area contributed by atoms with E-state index in [0.717, 1.165) is 9.75 Å². The van der Waals surface area contributed by atoms with Gasteiger partial charge in [0.2, 0.25) is 11.7 Å². The summed E-state index contributed by atoms with van der Waals surface area (Å²) >= 11 is 13.3. The number of anilines is 1. The summed E-state index contributed by atoms with van der Waals surface area (Å²) in [6.07, 6.45) is 0. The molecule has 118 valence electrons. The molecule has 1 N–H and O–H groups in total. The molecular formula is C15H11Cl2N3O2S. The van der Waals surface area contributed by atoms with Gasteiger partial charge in [0, 0.05) is 17.4 Å². The van der Waals surface area contributed by atoms with Gasteiger partial charge in [0.1, 0.15) is 0 Å². The van der Waals surface area contributed by atoms with Gasteiger partial charge in [0.25, 0.3) is 5.91 Å². The third-order valence-corrected chi connectivity index (χ3v) is 4.88. The van der Waals surface area contributed by atoms with Crippen molar-refractivity contribution < 1.29 is 9.32 Å². The van der Waals surface area contributed by atoms with Crippen LogP contribution in [0, 0.1) is 13.8 Å².